The highest BCUT2D eigenvalue weighted by Gasteiger charge is 2.56. The zero-order valence-electron chi connectivity index (χ0n) is 14.9. The third-order valence-electron chi connectivity index (χ3n) is 5.28. The highest BCUT2D eigenvalue weighted by Crippen LogP contribution is 2.36. The fourth-order valence-electron chi connectivity index (χ4n) is 3.84. The van der Waals surface area contributed by atoms with Gasteiger partial charge in [0.05, 0.1) is 0 Å². The molecule has 0 unspecified atom stereocenters. The Hall–Kier alpha value is -1.88. The van der Waals surface area contributed by atoms with Crippen LogP contribution in [0.2, 0.25) is 0 Å². The number of benzene rings is 1. The first-order chi connectivity index (χ1) is 11.4. The van der Waals surface area contributed by atoms with Crippen molar-refractivity contribution >= 4 is 11.9 Å². The van der Waals surface area contributed by atoms with Crippen LogP contribution < -0.4 is 0 Å². The molecule has 3 amide bonds. The van der Waals surface area contributed by atoms with E-state index in [1.165, 1.54) is 10.5 Å². The fraction of sp³-hybridized carbons (Fsp3) is 0.579. The number of imide groups is 1. The number of nitrogens with zero attached hydrogens (tertiary/aromatic N) is 3. The number of likely N-dealkylation sites (tertiary alicyclic amines) is 1. The van der Waals surface area contributed by atoms with Crippen LogP contribution in [-0.2, 0) is 11.3 Å². The molecule has 3 rings (SSSR count). The predicted octanol–water partition coefficient (Wildman–Crippen LogP) is 2.57. The summed E-state index contributed by atoms with van der Waals surface area (Å²) >= 11 is 0. The van der Waals surface area contributed by atoms with Crippen molar-refractivity contribution in [1.82, 2.24) is 14.7 Å². The molecule has 0 N–H and O–H groups in total. The van der Waals surface area contributed by atoms with E-state index in [9.17, 15) is 9.59 Å². The van der Waals surface area contributed by atoms with Crippen LogP contribution in [0.25, 0.3) is 0 Å². The molecule has 2 fully saturated rings. The summed E-state index contributed by atoms with van der Waals surface area (Å²) in [6, 6.07) is 10.3. The van der Waals surface area contributed by atoms with Gasteiger partial charge in [0.2, 0.25) is 0 Å². The molecule has 130 valence electrons. The van der Waals surface area contributed by atoms with Gasteiger partial charge in [-0.15, -0.1) is 0 Å². The van der Waals surface area contributed by atoms with Crippen molar-refractivity contribution in [2.75, 3.05) is 26.7 Å². The molecule has 0 bridgehead atoms. The summed E-state index contributed by atoms with van der Waals surface area (Å²) in [5, 5.41) is 0. The number of hydrogen-bond acceptors (Lipinski definition) is 3. The summed E-state index contributed by atoms with van der Waals surface area (Å²) in [6.07, 6.45) is 1.44. The van der Waals surface area contributed by atoms with E-state index in [0.717, 1.165) is 32.5 Å². The Morgan fingerprint density at radius 1 is 1.08 bits per heavy atom. The van der Waals surface area contributed by atoms with Gasteiger partial charge in [-0.2, -0.15) is 0 Å². The topological polar surface area (TPSA) is 43.9 Å². The summed E-state index contributed by atoms with van der Waals surface area (Å²) in [7, 11) is 1.79. The molecule has 0 aromatic heterocycles. The van der Waals surface area contributed by atoms with E-state index in [0.29, 0.717) is 12.5 Å². The second-order valence-corrected chi connectivity index (χ2v) is 7.44. The quantitative estimate of drug-likeness (QED) is 0.798. The Bertz CT molecular complexity index is 606. The molecule has 2 aliphatic heterocycles. The van der Waals surface area contributed by atoms with E-state index >= 15 is 0 Å². The van der Waals surface area contributed by atoms with Gasteiger partial charge in [0, 0.05) is 33.2 Å². The predicted molar refractivity (Wildman–Crippen MR) is 93.4 cm³/mol. The van der Waals surface area contributed by atoms with Crippen LogP contribution in [0.1, 0.15) is 32.3 Å². The van der Waals surface area contributed by atoms with E-state index in [1.807, 2.05) is 19.9 Å². The Labute approximate surface area is 144 Å². The van der Waals surface area contributed by atoms with Crippen LogP contribution in [0.4, 0.5) is 4.79 Å². The first-order valence-electron chi connectivity index (χ1n) is 8.80. The minimum atomic E-state index is -0.626. The Kier molecular flexibility index (Phi) is 4.63. The lowest BCUT2D eigenvalue weighted by atomic mass is 9.86. The van der Waals surface area contributed by atoms with Crippen molar-refractivity contribution in [1.29, 1.82) is 0 Å². The van der Waals surface area contributed by atoms with Crippen molar-refractivity contribution in [3.63, 3.8) is 0 Å². The lowest BCUT2D eigenvalue weighted by Crippen LogP contribution is -2.55. The third kappa shape index (κ3) is 2.93. The normalized spacial score (nSPS) is 21.3. The standard InChI is InChI=1S/C19H27N3O2/c1-15(2)13-22-17(23)19(20(3)18(22)24)9-11-21(12-10-19)14-16-7-5-4-6-8-16/h4-8,15H,9-14H2,1-3H3. The minimum absolute atomic E-state index is 0.00283. The molecule has 2 aliphatic rings. The molecule has 1 spiro atoms. The van der Waals surface area contributed by atoms with E-state index in [4.69, 9.17) is 0 Å². The molecule has 0 saturated carbocycles. The second kappa shape index (κ2) is 6.55. The number of carbonyl (C=O) groups excluding carboxylic acids is 2. The average Bonchev–Trinajstić information content (AvgIpc) is 2.74. The number of urea groups is 1. The van der Waals surface area contributed by atoms with Crippen LogP contribution in [0.5, 0.6) is 0 Å². The van der Waals surface area contributed by atoms with Gasteiger partial charge in [0.15, 0.2) is 0 Å². The summed E-state index contributed by atoms with van der Waals surface area (Å²) in [6.45, 7) is 7.17. The summed E-state index contributed by atoms with van der Waals surface area (Å²) in [5.41, 5.74) is 0.663. The van der Waals surface area contributed by atoms with Gasteiger partial charge in [0.25, 0.3) is 5.91 Å². The molecule has 0 radical (unpaired) electrons. The van der Waals surface area contributed by atoms with Gasteiger partial charge < -0.3 is 4.90 Å². The first kappa shape index (κ1) is 17.0. The molecule has 2 saturated heterocycles. The number of carbonyl (C=O) groups is 2. The van der Waals surface area contributed by atoms with Crippen molar-refractivity contribution in [3.05, 3.63) is 35.9 Å². The van der Waals surface area contributed by atoms with Crippen molar-refractivity contribution in [2.24, 2.45) is 5.92 Å². The molecular formula is C19H27N3O2. The maximum Gasteiger partial charge on any atom is 0.327 e. The monoisotopic (exact) mass is 329 g/mol. The van der Waals surface area contributed by atoms with Crippen LogP contribution in [-0.4, -0.2) is 58.9 Å². The molecule has 24 heavy (non-hydrogen) atoms. The van der Waals surface area contributed by atoms with Gasteiger partial charge in [-0.3, -0.25) is 14.6 Å². The summed E-state index contributed by atoms with van der Waals surface area (Å²) in [5.74, 6) is 0.294. The third-order valence-corrected chi connectivity index (χ3v) is 5.28. The molecule has 5 nitrogen and oxygen atoms in total. The van der Waals surface area contributed by atoms with E-state index in [-0.39, 0.29) is 11.9 Å². The zero-order valence-corrected chi connectivity index (χ0v) is 14.9. The Morgan fingerprint density at radius 2 is 1.71 bits per heavy atom. The molecule has 2 heterocycles. The molecule has 0 aliphatic carbocycles. The van der Waals surface area contributed by atoms with Crippen LogP contribution in [0.15, 0.2) is 30.3 Å². The number of likely N-dealkylation sites (N-methyl/N-ethyl adjacent to an activating group) is 1. The lowest BCUT2D eigenvalue weighted by molar-refractivity contribution is -0.135. The average molecular weight is 329 g/mol. The summed E-state index contributed by atoms with van der Waals surface area (Å²) < 4.78 is 0. The van der Waals surface area contributed by atoms with Crippen LogP contribution in [0.3, 0.4) is 0 Å². The summed E-state index contributed by atoms with van der Waals surface area (Å²) in [4.78, 5) is 31.0. The van der Waals surface area contributed by atoms with Crippen LogP contribution >= 0.6 is 0 Å². The SMILES string of the molecule is CC(C)CN1C(=O)N(C)C2(CCN(Cc3ccccc3)CC2)C1=O. The number of rotatable bonds is 4. The van der Waals surface area contributed by atoms with E-state index < -0.39 is 5.54 Å². The smallest absolute Gasteiger partial charge is 0.312 e. The van der Waals surface area contributed by atoms with E-state index in [1.54, 1.807) is 11.9 Å². The molecule has 1 aromatic rings. The van der Waals surface area contributed by atoms with Gasteiger partial charge in [-0.05, 0) is 24.3 Å². The maximum atomic E-state index is 12.9. The van der Waals surface area contributed by atoms with Crippen molar-refractivity contribution in [3.8, 4) is 0 Å². The maximum absolute atomic E-state index is 12.9. The molecule has 1 aromatic carbocycles. The fourth-order valence-corrected chi connectivity index (χ4v) is 3.84. The van der Waals surface area contributed by atoms with Gasteiger partial charge in [-0.1, -0.05) is 44.2 Å². The number of amides is 3. The minimum Gasteiger partial charge on any atom is -0.312 e. The number of piperidine rings is 1. The second-order valence-electron chi connectivity index (χ2n) is 7.44. The molecule has 5 heteroatoms. The molecular weight excluding hydrogens is 302 g/mol. The van der Waals surface area contributed by atoms with E-state index in [2.05, 4.69) is 29.2 Å². The molecule has 0 atom stereocenters. The first-order valence-corrected chi connectivity index (χ1v) is 8.80. The van der Waals surface area contributed by atoms with Gasteiger partial charge in [0.1, 0.15) is 5.54 Å². The Balaban J connectivity index is 1.68. The highest BCUT2D eigenvalue weighted by molar-refractivity contribution is 6.07. The Morgan fingerprint density at radius 3 is 2.29 bits per heavy atom. The lowest BCUT2D eigenvalue weighted by Gasteiger charge is -2.40. The largest absolute Gasteiger partial charge is 0.327 e. The van der Waals surface area contributed by atoms with Gasteiger partial charge >= 0.3 is 6.03 Å². The highest BCUT2D eigenvalue weighted by atomic mass is 16.2. The van der Waals surface area contributed by atoms with Gasteiger partial charge in [-0.25, -0.2) is 4.79 Å². The number of hydrogen-bond donors (Lipinski definition) is 0. The van der Waals surface area contributed by atoms with Crippen molar-refractivity contribution < 1.29 is 9.59 Å². The van der Waals surface area contributed by atoms with Crippen LogP contribution in [0, 0.1) is 5.92 Å². The zero-order chi connectivity index (χ0) is 17.3. The van der Waals surface area contributed by atoms with Crippen molar-refractivity contribution in [2.45, 2.75) is 38.8 Å².